The fourth-order valence-corrected chi connectivity index (χ4v) is 1.32. The minimum atomic E-state index is -0.405. The summed E-state index contributed by atoms with van der Waals surface area (Å²) in [5.74, 6) is -0.547. The van der Waals surface area contributed by atoms with Crippen molar-refractivity contribution in [2.24, 2.45) is 0 Å². The van der Waals surface area contributed by atoms with Crippen LogP contribution in [0.15, 0.2) is 22.7 Å². The van der Waals surface area contributed by atoms with Crippen LogP contribution in [0.4, 0.5) is 4.39 Å². The molecule has 3 heteroatoms. The van der Waals surface area contributed by atoms with E-state index >= 15 is 0 Å². The number of benzene rings is 1. The van der Waals surface area contributed by atoms with E-state index in [2.05, 4.69) is 15.9 Å². The lowest BCUT2D eigenvalue weighted by Crippen LogP contribution is -1.94. The van der Waals surface area contributed by atoms with Crippen molar-refractivity contribution in [3.63, 3.8) is 0 Å². The number of rotatable bonds is 1. The molecule has 0 aliphatic heterocycles. The Balaban J connectivity index is 3.27. The zero-order valence-corrected chi connectivity index (χ0v) is 7.48. The molecular formula is C8H6BrFO. The monoisotopic (exact) mass is 216 g/mol. The highest BCUT2D eigenvalue weighted by Crippen LogP contribution is 2.20. The fourth-order valence-electron chi connectivity index (χ4n) is 0.776. The largest absolute Gasteiger partial charge is 0.294 e. The van der Waals surface area contributed by atoms with Gasteiger partial charge in [0, 0.05) is 5.56 Å². The smallest absolute Gasteiger partial charge is 0.161 e. The Morgan fingerprint density at radius 2 is 2.18 bits per heavy atom. The first-order valence-electron chi connectivity index (χ1n) is 3.08. The van der Waals surface area contributed by atoms with Crippen molar-refractivity contribution in [3.05, 3.63) is 34.1 Å². The van der Waals surface area contributed by atoms with Crippen LogP contribution >= 0.6 is 15.9 Å². The summed E-state index contributed by atoms with van der Waals surface area (Å²) in [4.78, 5) is 10.8. The molecule has 0 fully saturated rings. The van der Waals surface area contributed by atoms with E-state index in [4.69, 9.17) is 0 Å². The average Bonchev–Trinajstić information content (AvgIpc) is 1.94. The zero-order valence-electron chi connectivity index (χ0n) is 5.90. The van der Waals surface area contributed by atoms with Crippen molar-refractivity contribution >= 4 is 21.7 Å². The molecule has 1 aromatic rings. The maximum atomic E-state index is 12.7. The van der Waals surface area contributed by atoms with Crippen molar-refractivity contribution in [1.82, 2.24) is 0 Å². The first kappa shape index (κ1) is 8.40. The lowest BCUT2D eigenvalue weighted by atomic mass is 10.1. The molecule has 11 heavy (non-hydrogen) atoms. The molecule has 0 radical (unpaired) electrons. The Hall–Kier alpha value is -0.700. The number of Topliss-reactive ketones (excluding diaryl/α,β-unsaturated/α-hetero) is 1. The summed E-state index contributed by atoms with van der Waals surface area (Å²) in [6.45, 7) is 1.40. The van der Waals surface area contributed by atoms with Crippen LogP contribution < -0.4 is 0 Å². The van der Waals surface area contributed by atoms with Gasteiger partial charge in [-0.25, -0.2) is 4.39 Å². The number of hydrogen-bond donors (Lipinski definition) is 0. The maximum absolute atomic E-state index is 12.7. The summed E-state index contributed by atoms with van der Waals surface area (Å²) in [5, 5.41) is 0. The molecule has 0 heterocycles. The number of carbonyl (C=O) groups is 1. The van der Waals surface area contributed by atoms with E-state index in [9.17, 15) is 9.18 Å². The summed E-state index contributed by atoms with van der Waals surface area (Å²) in [6, 6.07) is 4.39. The van der Waals surface area contributed by atoms with Crippen LogP contribution in [0.5, 0.6) is 0 Å². The van der Waals surface area contributed by atoms with Crippen molar-refractivity contribution in [2.75, 3.05) is 0 Å². The minimum Gasteiger partial charge on any atom is -0.294 e. The Bertz CT molecular complexity index is 296. The number of ketones is 1. The van der Waals surface area contributed by atoms with Crippen molar-refractivity contribution < 1.29 is 9.18 Å². The highest BCUT2D eigenvalue weighted by molar-refractivity contribution is 9.10. The van der Waals surface area contributed by atoms with E-state index in [1.165, 1.54) is 19.1 Å². The third-order valence-corrected chi connectivity index (χ3v) is 2.14. The van der Waals surface area contributed by atoms with Gasteiger partial charge in [0.1, 0.15) is 5.82 Å². The number of hydrogen-bond acceptors (Lipinski definition) is 1. The molecule has 1 rings (SSSR count). The molecule has 0 spiro atoms. The first-order valence-corrected chi connectivity index (χ1v) is 3.87. The van der Waals surface area contributed by atoms with Crippen molar-refractivity contribution in [2.45, 2.75) is 6.92 Å². The molecule has 0 saturated heterocycles. The van der Waals surface area contributed by atoms with E-state index in [-0.39, 0.29) is 10.3 Å². The first-order chi connectivity index (χ1) is 5.13. The Morgan fingerprint density at radius 3 is 2.64 bits per heavy atom. The molecule has 0 saturated carbocycles. The van der Waals surface area contributed by atoms with Crippen molar-refractivity contribution in [1.29, 1.82) is 0 Å². The lowest BCUT2D eigenvalue weighted by Gasteiger charge is -1.98. The second kappa shape index (κ2) is 3.13. The topological polar surface area (TPSA) is 17.1 Å². The predicted octanol–water partition coefficient (Wildman–Crippen LogP) is 2.79. The quantitative estimate of drug-likeness (QED) is 0.661. The van der Waals surface area contributed by atoms with Gasteiger partial charge < -0.3 is 0 Å². The summed E-state index contributed by atoms with van der Waals surface area (Å²) in [7, 11) is 0. The minimum absolute atomic E-state index is 0.142. The standard InChI is InChI=1S/C8H6BrFO/c1-5(11)6-3-2-4-7(10)8(6)9/h2-4H,1H3. The van der Waals surface area contributed by atoms with Crippen LogP contribution in [-0.2, 0) is 0 Å². The molecule has 0 bridgehead atoms. The van der Waals surface area contributed by atoms with Crippen LogP contribution in [0.2, 0.25) is 0 Å². The highest BCUT2D eigenvalue weighted by Gasteiger charge is 2.07. The molecule has 0 aliphatic carbocycles. The van der Waals surface area contributed by atoms with Gasteiger partial charge >= 0.3 is 0 Å². The average molecular weight is 217 g/mol. The molecule has 1 nitrogen and oxygen atoms in total. The Labute approximate surface area is 72.4 Å². The second-order valence-corrected chi connectivity index (χ2v) is 2.95. The van der Waals surface area contributed by atoms with Crippen LogP contribution in [0, 0.1) is 5.82 Å². The molecule has 0 N–H and O–H groups in total. The number of carbonyl (C=O) groups excluding carboxylic acids is 1. The van der Waals surface area contributed by atoms with Gasteiger partial charge in [-0.05, 0) is 28.9 Å². The molecule has 0 atom stereocenters. The second-order valence-electron chi connectivity index (χ2n) is 2.16. The number of halogens is 2. The normalized spacial score (nSPS) is 9.73. The fraction of sp³-hybridized carbons (Fsp3) is 0.125. The van der Waals surface area contributed by atoms with E-state index in [0.717, 1.165) is 0 Å². The van der Waals surface area contributed by atoms with E-state index in [1.807, 2.05) is 0 Å². The van der Waals surface area contributed by atoms with E-state index < -0.39 is 5.82 Å². The lowest BCUT2D eigenvalue weighted by molar-refractivity contribution is 0.101. The van der Waals surface area contributed by atoms with Crippen LogP contribution in [0.25, 0.3) is 0 Å². The predicted molar refractivity (Wildman–Crippen MR) is 44.1 cm³/mol. The van der Waals surface area contributed by atoms with Crippen LogP contribution in [-0.4, -0.2) is 5.78 Å². The van der Waals surface area contributed by atoms with Gasteiger partial charge in [-0.15, -0.1) is 0 Å². The van der Waals surface area contributed by atoms with Crippen LogP contribution in [0.1, 0.15) is 17.3 Å². The zero-order chi connectivity index (χ0) is 8.43. The molecule has 0 amide bonds. The summed E-state index contributed by atoms with van der Waals surface area (Å²) < 4.78 is 13.0. The van der Waals surface area contributed by atoms with Gasteiger partial charge in [-0.2, -0.15) is 0 Å². The summed E-state index contributed by atoms with van der Waals surface area (Å²) >= 11 is 2.98. The Kier molecular flexibility index (Phi) is 2.39. The summed E-state index contributed by atoms with van der Waals surface area (Å²) in [5.41, 5.74) is 0.380. The molecule has 0 unspecified atom stereocenters. The molecular weight excluding hydrogens is 211 g/mol. The molecule has 0 aliphatic rings. The van der Waals surface area contributed by atoms with Gasteiger partial charge in [-0.1, -0.05) is 12.1 Å². The van der Waals surface area contributed by atoms with E-state index in [0.29, 0.717) is 5.56 Å². The van der Waals surface area contributed by atoms with Crippen LogP contribution in [0.3, 0.4) is 0 Å². The van der Waals surface area contributed by atoms with Gasteiger partial charge in [0.15, 0.2) is 5.78 Å². The third kappa shape index (κ3) is 1.66. The molecule has 58 valence electrons. The van der Waals surface area contributed by atoms with Gasteiger partial charge in [0.05, 0.1) is 4.47 Å². The van der Waals surface area contributed by atoms with Gasteiger partial charge in [-0.3, -0.25) is 4.79 Å². The van der Waals surface area contributed by atoms with Crippen molar-refractivity contribution in [3.8, 4) is 0 Å². The SMILES string of the molecule is CC(=O)c1cccc(F)c1Br. The molecule has 0 aromatic heterocycles. The van der Waals surface area contributed by atoms with Gasteiger partial charge in [0.25, 0.3) is 0 Å². The Morgan fingerprint density at radius 1 is 1.55 bits per heavy atom. The summed E-state index contributed by atoms with van der Waals surface area (Å²) in [6.07, 6.45) is 0. The third-order valence-electron chi connectivity index (χ3n) is 1.33. The highest BCUT2D eigenvalue weighted by atomic mass is 79.9. The molecule has 1 aromatic carbocycles. The maximum Gasteiger partial charge on any atom is 0.161 e. The van der Waals surface area contributed by atoms with Gasteiger partial charge in [0.2, 0.25) is 0 Å². The van der Waals surface area contributed by atoms with E-state index in [1.54, 1.807) is 6.07 Å².